The summed E-state index contributed by atoms with van der Waals surface area (Å²) in [4.78, 5) is 46.1. The van der Waals surface area contributed by atoms with Crippen molar-refractivity contribution in [3.63, 3.8) is 0 Å². The van der Waals surface area contributed by atoms with Crippen molar-refractivity contribution < 1.29 is 23.9 Å². The van der Waals surface area contributed by atoms with Crippen molar-refractivity contribution in [2.45, 2.75) is 65.0 Å². The summed E-state index contributed by atoms with van der Waals surface area (Å²) in [5.74, 6) is 0.0319. The van der Waals surface area contributed by atoms with Crippen molar-refractivity contribution >= 4 is 29.1 Å². The number of carbonyl (C=O) groups excluding carboxylic acids is 3. The fourth-order valence-electron chi connectivity index (χ4n) is 5.69. The minimum absolute atomic E-state index is 0.00823. The van der Waals surface area contributed by atoms with Gasteiger partial charge in [-0.2, -0.15) is 0 Å². The average molecular weight is 558 g/mol. The molecule has 1 saturated heterocycles. The zero-order valence-corrected chi connectivity index (χ0v) is 24.8. The first-order chi connectivity index (χ1) is 19.2. The van der Waals surface area contributed by atoms with Crippen molar-refractivity contribution in [1.29, 1.82) is 0 Å². The van der Waals surface area contributed by atoms with E-state index in [1.165, 1.54) is 0 Å². The standard InChI is InChI=1S/C30H47N5O5/c1-6-33(7-2)15-13-32-27(36)21-17-22(20-31-19-21)28(37)35(23-9-10-23)24-11-12-26-25(18-24)34(14-8-16-39-5)29(38)30(3,4)40-26/h11-12,18,21-23,31H,6-10,13-17,19-20H2,1-5H3,(H,32,36)/t21-,22+/m0/s1. The van der Waals surface area contributed by atoms with Crippen LogP contribution in [0.25, 0.3) is 0 Å². The molecule has 0 spiro atoms. The maximum atomic E-state index is 14.0. The number of hydrogen-bond acceptors (Lipinski definition) is 7. The third kappa shape index (κ3) is 6.95. The van der Waals surface area contributed by atoms with Crippen molar-refractivity contribution in [2.24, 2.45) is 11.8 Å². The van der Waals surface area contributed by atoms with Gasteiger partial charge in [0, 0.05) is 58.2 Å². The van der Waals surface area contributed by atoms with Crippen LogP contribution >= 0.6 is 0 Å². The molecule has 222 valence electrons. The molecule has 40 heavy (non-hydrogen) atoms. The maximum absolute atomic E-state index is 14.0. The molecule has 1 aliphatic carbocycles. The second kappa shape index (κ2) is 13.3. The molecule has 3 amide bonds. The van der Waals surface area contributed by atoms with Crippen LogP contribution in [0.5, 0.6) is 5.75 Å². The molecule has 2 aliphatic heterocycles. The number of carbonyl (C=O) groups is 3. The largest absolute Gasteiger partial charge is 0.476 e. The van der Waals surface area contributed by atoms with Gasteiger partial charge in [0.25, 0.3) is 5.91 Å². The summed E-state index contributed by atoms with van der Waals surface area (Å²) in [6.45, 7) is 13.3. The van der Waals surface area contributed by atoms with Crippen LogP contribution in [0.1, 0.15) is 53.4 Å². The van der Waals surface area contributed by atoms with Gasteiger partial charge in [0.05, 0.1) is 17.5 Å². The van der Waals surface area contributed by atoms with Gasteiger partial charge in [0.15, 0.2) is 5.60 Å². The van der Waals surface area contributed by atoms with E-state index in [-0.39, 0.29) is 35.6 Å². The normalized spacial score (nSPS) is 22.1. The van der Waals surface area contributed by atoms with Gasteiger partial charge in [-0.15, -0.1) is 0 Å². The van der Waals surface area contributed by atoms with E-state index < -0.39 is 5.60 Å². The number of nitrogens with zero attached hydrogens (tertiary/aromatic N) is 3. The van der Waals surface area contributed by atoms with Crippen LogP contribution < -0.4 is 25.2 Å². The lowest BCUT2D eigenvalue weighted by molar-refractivity contribution is -0.132. The van der Waals surface area contributed by atoms with Gasteiger partial charge in [0.2, 0.25) is 11.8 Å². The monoisotopic (exact) mass is 557 g/mol. The number of likely N-dealkylation sites (N-methyl/N-ethyl adjacent to an activating group) is 1. The molecule has 10 nitrogen and oxygen atoms in total. The van der Waals surface area contributed by atoms with Gasteiger partial charge in [-0.1, -0.05) is 13.8 Å². The predicted molar refractivity (Wildman–Crippen MR) is 156 cm³/mol. The van der Waals surface area contributed by atoms with E-state index in [0.29, 0.717) is 57.1 Å². The topological polar surface area (TPSA) is 103 Å². The molecule has 4 rings (SSSR count). The van der Waals surface area contributed by atoms with Gasteiger partial charge >= 0.3 is 0 Å². The molecule has 0 radical (unpaired) electrons. The Morgan fingerprint density at radius 3 is 2.58 bits per heavy atom. The van der Waals surface area contributed by atoms with Gasteiger partial charge in [-0.25, -0.2) is 0 Å². The number of nitrogens with one attached hydrogen (secondary N) is 2. The van der Waals surface area contributed by atoms with Crippen molar-refractivity contribution in [1.82, 2.24) is 15.5 Å². The summed E-state index contributed by atoms with van der Waals surface area (Å²) in [5, 5.41) is 6.40. The average Bonchev–Trinajstić information content (AvgIpc) is 3.78. The number of anilines is 2. The lowest BCUT2D eigenvalue weighted by Gasteiger charge is -2.39. The highest BCUT2D eigenvalue weighted by Gasteiger charge is 2.43. The molecule has 10 heteroatoms. The van der Waals surface area contributed by atoms with Gasteiger partial charge < -0.3 is 34.8 Å². The van der Waals surface area contributed by atoms with Crippen LogP contribution in [-0.2, 0) is 19.1 Å². The molecule has 2 heterocycles. The highest BCUT2D eigenvalue weighted by atomic mass is 16.5. The zero-order valence-electron chi connectivity index (χ0n) is 24.8. The maximum Gasteiger partial charge on any atom is 0.270 e. The molecule has 3 aliphatic rings. The molecule has 0 aromatic heterocycles. The van der Waals surface area contributed by atoms with E-state index in [4.69, 9.17) is 9.47 Å². The van der Waals surface area contributed by atoms with E-state index in [2.05, 4.69) is 29.4 Å². The Hall–Kier alpha value is -2.69. The Kier molecular flexibility index (Phi) is 10.1. The van der Waals surface area contributed by atoms with Gasteiger partial charge in [-0.05, 0) is 70.8 Å². The summed E-state index contributed by atoms with van der Waals surface area (Å²) in [6, 6.07) is 5.84. The van der Waals surface area contributed by atoms with Crippen LogP contribution in [0.3, 0.4) is 0 Å². The number of methoxy groups -OCH3 is 1. The molecule has 0 unspecified atom stereocenters. The second-order valence-electron chi connectivity index (χ2n) is 11.6. The molecule has 1 saturated carbocycles. The molecule has 0 bridgehead atoms. The Labute approximate surface area is 238 Å². The summed E-state index contributed by atoms with van der Waals surface area (Å²) >= 11 is 0. The predicted octanol–water partition coefficient (Wildman–Crippen LogP) is 2.41. The van der Waals surface area contributed by atoms with Crippen LogP contribution in [0, 0.1) is 11.8 Å². The SMILES string of the molecule is CCN(CC)CCNC(=O)[C@@H]1CNC[C@H](C(=O)N(c2ccc3c(c2)N(CCCOC)C(=O)C(C)(C)O3)C2CC2)C1. The van der Waals surface area contributed by atoms with E-state index >= 15 is 0 Å². The highest BCUT2D eigenvalue weighted by molar-refractivity contribution is 6.04. The Morgan fingerprint density at radius 1 is 1.18 bits per heavy atom. The highest BCUT2D eigenvalue weighted by Crippen LogP contribution is 2.43. The number of rotatable bonds is 13. The van der Waals surface area contributed by atoms with Gasteiger partial charge in [0.1, 0.15) is 5.75 Å². The quantitative estimate of drug-likeness (QED) is 0.359. The third-order valence-corrected chi connectivity index (χ3v) is 8.21. The number of benzene rings is 1. The minimum Gasteiger partial charge on any atom is -0.476 e. The fourth-order valence-corrected chi connectivity index (χ4v) is 5.69. The number of hydrogen-bond donors (Lipinski definition) is 2. The van der Waals surface area contributed by atoms with E-state index in [1.807, 2.05) is 23.1 Å². The summed E-state index contributed by atoms with van der Waals surface area (Å²) < 4.78 is 11.3. The third-order valence-electron chi connectivity index (χ3n) is 8.21. The first kappa shape index (κ1) is 30.3. The molecule has 2 atom stereocenters. The molecule has 2 N–H and O–H groups in total. The molecule has 1 aromatic carbocycles. The van der Waals surface area contributed by atoms with E-state index in [1.54, 1.807) is 25.9 Å². The summed E-state index contributed by atoms with van der Waals surface area (Å²) in [6.07, 6.45) is 3.10. The van der Waals surface area contributed by atoms with E-state index in [9.17, 15) is 14.4 Å². The Balaban J connectivity index is 1.49. The van der Waals surface area contributed by atoms with Crippen LogP contribution in [0.4, 0.5) is 11.4 Å². The zero-order chi connectivity index (χ0) is 28.9. The second-order valence-corrected chi connectivity index (χ2v) is 11.6. The van der Waals surface area contributed by atoms with Crippen molar-refractivity contribution in [3.05, 3.63) is 18.2 Å². The van der Waals surface area contributed by atoms with Crippen molar-refractivity contribution in [2.75, 3.05) is 69.3 Å². The summed E-state index contributed by atoms with van der Waals surface area (Å²) in [7, 11) is 1.65. The first-order valence-corrected chi connectivity index (χ1v) is 14.9. The fraction of sp³-hybridized carbons (Fsp3) is 0.700. The summed E-state index contributed by atoms with van der Waals surface area (Å²) in [5.41, 5.74) is 0.482. The Bertz CT molecular complexity index is 1050. The molecule has 1 aromatic rings. The van der Waals surface area contributed by atoms with E-state index in [0.717, 1.165) is 38.2 Å². The van der Waals surface area contributed by atoms with Gasteiger partial charge in [-0.3, -0.25) is 14.4 Å². The van der Waals surface area contributed by atoms with Crippen molar-refractivity contribution in [3.8, 4) is 5.75 Å². The molecular weight excluding hydrogens is 510 g/mol. The molecule has 2 fully saturated rings. The smallest absolute Gasteiger partial charge is 0.270 e. The van der Waals surface area contributed by atoms with Crippen LogP contribution in [-0.4, -0.2) is 93.8 Å². The number of piperidine rings is 1. The first-order valence-electron chi connectivity index (χ1n) is 14.9. The lowest BCUT2D eigenvalue weighted by Crippen LogP contribution is -2.53. The minimum atomic E-state index is -0.970. The lowest BCUT2D eigenvalue weighted by atomic mass is 9.88. The number of ether oxygens (including phenoxy) is 2. The number of amides is 3. The van der Waals surface area contributed by atoms with Crippen LogP contribution in [0.15, 0.2) is 18.2 Å². The number of fused-ring (bicyclic) bond motifs is 1. The molecular formula is C30H47N5O5. The van der Waals surface area contributed by atoms with Crippen LogP contribution in [0.2, 0.25) is 0 Å². The Morgan fingerprint density at radius 2 is 1.90 bits per heavy atom.